The van der Waals surface area contributed by atoms with Crippen molar-refractivity contribution in [3.63, 3.8) is 0 Å². The molecule has 0 unspecified atom stereocenters. The van der Waals surface area contributed by atoms with E-state index in [-0.39, 0.29) is 0 Å². The molecule has 0 atom stereocenters. The molecule has 3 aromatic rings. The van der Waals surface area contributed by atoms with Gasteiger partial charge in [-0.1, -0.05) is 42.5 Å². The monoisotopic (exact) mass is 363 g/mol. The van der Waals surface area contributed by atoms with Crippen LogP contribution in [0.4, 0.5) is 0 Å². The molecule has 1 aromatic heterocycles. The smallest absolute Gasteiger partial charge is 0.124 e. The summed E-state index contributed by atoms with van der Waals surface area (Å²) in [6.45, 7) is 0. The molecule has 88 valence electrons. The zero-order valence-electron chi connectivity index (χ0n) is 9.51. The highest BCUT2D eigenvalue weighted by Gasteiger charge is 2.05. The molecule has 0 saturated heterocycles. The Labute approximate surface area is 124 Å². The van der Waals surface area contributed by atoms with Crippen molar-refractivity contribution in [2.75, 3.05) is 0 Å². The topological polar surface area (TPSA) is 12.9 Å². The third kappa shape index (κ3) is 2.47. The fourth-order valence-electron chi connectivity index (χ4n) is 1.74. The maximum atomic E-state index is 4.70. The molecule has 2 aromatic carbocycles. The third-order valence-corrected chi connectivity index (χ3v) is 4.28. The van der Waals surface area contributed by atoms with Gasteiger partial charge >= 0.3 is 0 Å². The van der Waals surface area contributed by atoms with Gasteiger partial charge in [0.1, 0.15) is 5.01 Å². The maximum absolute atomic E-state index is 4.70. The van der Waals surface area contributed by atoms with Crippen LogP contribution in [0.25, 0.3) is 21.8 Å². The van der Waals surface area contributed by atoms with E-state index in [1.165, 1.54) is 14.7 Å². The summed E-state index contributed by atoms with van der Waals surface area (Å²) in [5, 5.41) is 3.19. The van der Waals surface area contributed by atoms with Gasteiger partial charge in [0.2, 0.25) is 0 Å². The highest BCUT2D eigenvalue weighted by atomic mass is 127. The Hall–Kier alpha value is -1.20. The maximum Gasteiger partial charge on any atom is 0.124 e. The molecule has 0 saturated carbocycles. The van der Waals surface area contributed by atoms with Crippen LogP contribution in [0.3, 0.4) is 0 Å². The van der Waals surface area contributed by atoms with Crippen molar-refractivity contribution in [3.8, 4) is 21.8 Å². The Kier molecular flexibility index (Phi) is 3.43. The van der Waals surface area contributed by atoms with E-state index in [2.05, 4.69) is 64.4 Å². The highest BCUT2D eigenvalue weighted by molar-refractivity contribution is 14.1. The molecule has 0 aliphatic carbocycles. The molecule has 0 spiro atoms. The second-order valence-corrected chi connectivity index (χ2v) is 6.01. The van der Waals surface area contributed by atoms with Gasteiger partial charge in [-0.3, -0.25) is 0 Å². The first-order valence-electron chi connectivity index (χ1n) is 5.60. The van der Waals surface area contributed by atoms with Crippen LogP contribution in [-0.2, 0) is 0 Å². The molecular weight excluding hydrogens is 353 g/mol. The number of rotatable bonds is 2. The Morgan fingerprint density at radius 3 is 2.28 bits per heavy atom. The summed E-state index contributed by atoms with van der Waals surface area (Å²) < 4.78 is 1.25. The minimum atomic E-state index is 1.05. The van der Waals surface area contributed by atoms with E-state index in [1.807, 2.05) is 18.2 Å². The van der Waals surface area contributed by atoms with Crippen LogP contribution in [0.2, 0.25) is 0 Å². The molecule has 0 fully saturated rings. The molecule has 1 heterocycles. The van der Waals surface area contributed by atoms with Crippen LogP contribution in [0.15, 0.2) is 60.0 Å². The van der Waals surface area contributed by atoms with Crippen molar-refractivity contribution < 1.29 is 0 Å². The number of aromatic nitrogens is 1. The Morgan fingerprint density at radius 2 is 1.56 bits per heavy atom. The van der Waals surface area contributed by atoms with Gasteiger partial charge in [0.25, 0.3) is 0 Å². The Balaban J connectivity index is 1.97. The zero-order valence-corrected chi connectivity index (χ0v) is 12.5. The second-order valence-electron chi connectivity index (χ2n) is 3.91. The van der Waals surface area contributed by atoms with Crippen molar-refractivity contribution in [1.82, 2.24) is 4.98 Å². The summed E-state index contributed by atoms with van der Waals surface area (Å²) in [6, 6.07) is 18.7. The molecule has 0 aliphatic heterocycles. The predicted octanol–water partition coefficient (Wildman–Crippen LogP) is 5.08. The first-order chi connectivity index (χ1) is 8.83. The van der Waals surface area contributed by atoms with Crippen molar-refractivity contribution in [1.29, 1.82) is 0 Å². The van der Waals surface area contributed by atoms with Crippen LogP contribution in [-0.4, -0.2) is 4.98 Å². The molecule has 3 rings (SSSR count). The molecule has 0 radical (unpaired) electrons. The summed E-state index contributed by atoms with van der Waals surface area (Å²) in [5.41, 5.74) is 3.40. The lowest BCUT2D eigenvalue weighted by Crippen LogP contribution is -1.79. The largest absolute Gasteiger partial charge is 0.236 e. The number of hydrogen-bond acceptors (Lipinski definition) is 2. The fraction of sp³-hybridized carbons (Fsp3) is 0. The van der Waals surface area contributed by atoms with Gasteiger partial charge in [-0.2, -0.15) is 0 Å². The van der Waals surface area contributed by atoms with E-state index in [0.717, 1.165) is 10.7 Å². The minimum absolute atomic E-state index is 1.05. The predicted molar refractivity (Wildman–Crippen MR) is 85.7 cm³/mol. The average Bonchev–Trinajstić information content (AvgIpc) is 2.90. The molecule has 0 bridgehead atoms. The number of thiazole rings is 1. The first-order valence-corrected chi connectivity index (χ1v) is 7.56. The van der Waals surface area contributed by atoms with E-state index in [1.54, 1.807) is 11.3 Å². The van der Waals surface area contributed by atoms with Gasteiger partial charge in [-0.05, 0) is 34.7 Å². The molecule has 0 N–H and O–H groups in total. The number of halogens is 1. The third-order valence-electron chi connectivity index (χ3n) is 2.66. The Morgan fingerprint density at radius 1 is 0.833 bits per heavy atom. The van der Waals surface area contributed by atoms with Gasteiger partial charge < -0.3 is 0 Å². The van der Waals surface area contributed by atoms with Crippen LogP contribution >= 0.6 is 33.9 Å². The van der Waals surface area contributed by atoms with Crippen LogP contribution < -0.4 is 0 Å². The number of hydrogen-bond donors (Lipinski definition) is 0. The standard InChI is InChI=1S/C15H10INS/c16-13-8-6-12(7-9-13)15-17-14(10-18-15)11-4-2-1-3-5-11/h1-10H. The van der Waals surface area contributed by atoms with Crippen LogP contribution in [0, 0.1) is 3.57 Å². The Bertz CT molecular complexity index is 644. The van der Waals surface area contributed by atoms with E-state index in [9.17, 15) is 0 Å². The molecule has 0 aliphatic rings. The highest BCUT2D eigenvalue weighted by Crippen LogP contribution is 2.28. The van der Waals surface area contributed by atoms with Crippen molar-refractivity contribution >= 4 is 33.9 Å². The molecule has 0 amide bonds. The van der Waals surface area contributed by atoms with Gasteiger partial charge in [0.15, 0.2) is 0 Å². The second kappa shape index (κ2) is 5.20. The zero-order chi connectivity index (χ0) is 12.4. The van der Waals surface area contributed by atoms with Crippen molar-refractivity contribution in [2.45, 2.75) is 0 Å². The summed E-state index contributed by atoms with van der Waals surface area (Å²) >= 11 is 4.00. The van der Waals surface area contributed by atoms with Gasteiger partial charge in [-0.15, -0.1) is 11.3 Å². The molecule has 1 nitrogen and oxygen atoms in total. The number of nitrogens with zero attached hydrogens (tertiary/aromatic N) is 1. The molecule has 3 heteroatoms. The van der Waals surface area contributed by atoms with E-state index < -0.39 is 0 Å². The first kappa shape index (κ1) is 11.9. The normalized spacial score (nSPS) is 10.5. The fourth-order valence-corrected chi connectivity index (χ4v) is 2.94. The van der Waals surface area contributed by atoms with E-state index in [4.69, 9.17) is 4.98 Å². The molecular formula is C15H10INS. The van der Waals surface area contributed by atoms with E-state index in [0.29, 0.717) is 0 Å². The summed E-state index contributed by atoms with van der Waals surface area (Å²) in [4.78, 5) is 4.70. The van der Waals surface area contributed by atoms with Crippen LogP contribution in [0.1, 0.15) is 0 Å². The van der Waals surface area contributed by atoms with Gasteiger partial charge in [0, 0.05) is 20.1 Å². The summed E-state index contributed by atoms with van der Waals surface area (Å²) in [5.74, 6) is 0. The summed E-state index contributed by atoms with van der Waals surface area (Å²) in [6.07, 6.45) is 0. The van der Waals surface area contributed by atoms with E-state index >= 15 is 0 Å². The lowest BCUT2D eigenvalue weighted by atomic mass is 10.2. The average molecular weight is 363 g/mol. The number of benzene rings is 2. The minimum Gasteiger partial charge on any atom is -0.236 e. The van der Waals surface area contributed by atoms with Crippen LogP contribution in [0.5, 0.6) is 0 Å². The molecule has 18 heavy (non-hydrogen) atoms. The van der Waals surface area contributed by atoms with Crippen molar-refractivity contribution in [2.24, 2.45) is 0 Å². The van der Waals surface area contributed by atoms with Crippen molar-refractivity contribution in [3.05, 3.63) is 63.5 Å². The van der Waals surface area contributed by atoms with Gasteiger partial charge in [-0.25, -0.2) is 4.98 Å². The summed E-state index contributed by atoms with van der Waals surface area (Å²) in [7, 11) is 0. The SMILES string of the molecule is Ic1ccc(-c2nc(-c3ccccc3)cs2)cc1. The quantitative estimate of drug-likeness (QED) is 0.579. The van der Waals surface area contributed by atoms with Gasteiger partial charge in [0.05, 0.1) is 5.69 Å². The lowest BCUT2D eigenvalue weighted by molar-refractivity contribution is 1.40. The lowest BCUT2D eigenvalue weighted by Gasteiger charge is -1.97.